The van der Waals surface area contributed by atoms with Crippen LogP contribution in [0.2, 0.25) is 5.02 Å². The first-order chi connectivity index (χ1) is 12.0. The average Bonchev–Trinajstić information content (AvgIpc) is 2.89. The third kappa shape index (κ3) is 2.64. The molecule has 0 spiro atoms. The molecule has 0 amide bonds. The van der Waals surface area contributed by atoms with Gasteiger partial charge in [-0.25, -0.2) is 8.78 Å². The van der Waals surface area contributed by atoms with Crippen molar-refractivity contribution in [2.45, 2.75) is 26.2 Å². The number of allylic oxidation sites excluding steroid dienone is 1. The van der Waals surface area contributed by atoms with Crippen molar-refractivity contribution in [1.29, 1.82) is 0 Å². The molecule has 4 rings (SSSR count). The Morgan fingerprint density at radius 1 is 1.16 bits per heavy atom. The third-order valence-corrected chi connectivity index (χ3v) is 6.14. The highest BCUT2D eigenvalue weighted by Crippen LogP contribution is 2.46. The molecule has 0 unspecified atom stereocenters. The zero-order valence-corrected chi connectivity index (χ0v) is 15.1. The van der Waals surface area contributed by atoms with Gasteiger partial charge < -0.3 is 5.11 Å². The van der Waals surface area contributed by atoms with Crippen LogP contribution in [0.1, 0.15) is 29.7 Å². The second kappa shape index (κ2) is 6.11. The number of halogens is 3. The molecule has 1 heterocycles. The van der Waals surface area contributed by atoms with Gasteiger partial charge in [0.1, 0.15) is 17.4 Å². The third-order valence-electron chi connectivity index (χ3n) is 4.75. The number of aliphatic hydroxyl groups is 1. The number of hydrogen-bond acceptors (Lipinski definition) is 2. The molecule has 25 heavy (non-hydrogen) atoms. The molecule has 1 N–H and O–H groups in total. The molecule has 128 valence electrons. The number of benzene rings is 2. The lowest BCUT2D eigenvalue weighted by Gasteiger charge is -2.19. The largest absolute Gasteiger partial charge is 0.506 e. The summed E-state index contributed by atoms with van der Waals surface area (Å²) in [6, 6.07) is 8.08. The summed E-state index contributed by atoms with van der Waals surface area (Å²) in [4.78, 5) is 0.622. The molecular weight excluding hydrogens is 362 g/mol. The van der Waals surface area contributed by atoms with Crippen LogP contribution in [0.15, 0.2) is 35.9 Å². The van der Waals surface area contributed by atoms with E-state index in [0.717, 1.165) is 34.9 Å². The molecule has 1 aliphatic carbocycles. The summed E-state index contributed by atoms with van der Waals surface area (Å²) in [5.41, 5.74) is 1.87. The van der Waals surface area contributed by atoms with Gasteiger partial charge >= 0.3 is 0 Å². The van der Waals surface area contributed by atoms with E-state index in [9.17, 15) is 13.9 Å². The van der Waals surface area contributed by atoms with Crippen molar-refractivity contribution in [3.63, 3.8) is 0 Å². The summed E-state index contributed by atoms with van der Waals surface area (Å²) in [7, 11) is 0. The molecule has 1 fully saturated rings. The SMILES string of the molecule is Cc1c(F)ccc(-c2c(C(O)=C3CCC3)sc3cc(Cl)ccc23)c1F. The minimum Gasteiger partial charge on any atom is -0.506 e. The van der Waals surface area contributed by atoms with Crippen LogP contribution in [-0.2, 0) is 0 Å². The summed E-state index contributed by atoms with van der Waals surface area (Å²) in [5, 5.41) is 12.1. The van der Waals surface area contributed by atoms with E-state index in [2.05, 4.69) is 0 Å². The molecule has 1 saturated carbocycles. The molecule has 1 aliphatic rings. The first-order valence-electron chi connectivity index (χ1n) is 8.05. The van der Waals surface area contributed by atoms with Crippen molar-refractivity contribution in [3.8, 4) is 11.1 Å². The molecule has 5 heteroatoms. The van der Waals surface area contributed by atoms with Crippen molar-refractivity contribution < 1.29 is 13.9 Å². The maximum atomic E-state index is 14.8. The number of rotatable bonds is 2. The van der Waals surface area contributed by atoms with Crippen molar-refractivity contribution in [1.82, 2.24) is 0 Å². The lowest BCUT2D eigenvalue weighted by atomic mass is 9.89. The molecule has 0 saturated heterocycles. The van der Waals surface area contributed by atoms with Crippen LogP contribution in [-0.4, -0.2) is 5.11 Å². The van der Waals surface area contributed by atoms with E-state index < -0.39 is 11.6 Å². The van der Waals surface area contributed by atoms with Crippen molar-refractivity contribution in [3.05, 3.63) is 63.0 Å². The predicted molar refractivity (Wildman–Crippen MR) is 100 cm³/mol. The van der Waals surface area contributed by atoms with Gasteiger partial charge in [0, 0.05) is 31.8 Å². The van der Waals surface area contributed by atoms with E-state index >= 15 is 0 Å². The van der Waals surface area contributed by atoms with E-state index in [1.165, 1.54) is 30.4 Å². The van der Waals surface area contributed by atoms with Crippen LogP contribution in [0.3, 0.4) is 0 Å². The Balaban J connectivity index is 2.06. The van der Waals surface area contributed by atoms with E-state index in [0.29, 0.717) is 21.0 Å². The minimum absolute atomic E-state index is 0.0208. The number of hydrogen-bond donors (Lipinski definition) is 1. The number of aliphatic hydroxyl groups excluding tert-OH is 1. The second-order valence-electron chi connectivity index (χ2n) is 6.29. The second-order valence-corrected chi connectivity index (χ2v) is 7.77. The Labute approximate surface area is 153 Å². The monoisotopic (exact) mass is 376 g/mol. The van der Waals surface area contributed by atoms with Gasteiger partial charge in [0.2, 0.25) is 0 Å². The van der Waals surface area contributed by atoms with Crippen LogP contribution in [0.25, 0.3) is 27.0 Å². The molecule has 0 aliphatic heterocycles. The van der Waals surface area contributed by atoms with Crippen molar-refractivity contribution in [2.75, 3.05) is 0 Å². The molecule has 2 aromatic carbocycles. The van der Waals surface area contributed by atoms with E-state index in [4.69, 9.17) is 11.6 Å². The summed E-state index contributed by atoms with van der Waals surface area (Å²) < 4.78 is 29.4. The van der Waals surface area contributed by atoms with Crippen LogP contribution >= 0.6 is 22.9 Å². The first-order valence-corrected chi connectivity index (χ1v) is 9.25. The Morgan fingerprint density at radius 3 is 2.60 bits per heavy atom. The normalized spacial score (nSPS) is 14.0. The molecule has 0 atom stereocenters. The summed E-state index contributed by atoms with van der Waals surface area (Å²) in [5.74, 6) is -0.950. The molecular formula is C20H15ClF2OS. The van der Waals surface area contributed by atoms with E-state index in [1.54, 1.807) is 6.07 Å². The van der Waals surface area contributed by atoms with Gasteiger partial charge in [-0.05, 0) is 56.0 Å². The topological polar surface area (TPSA) is 20.2 Å². The Kier molecular flexibility index (Phi) is 4.05. The lowest BCUT2D eigenvalue weighted by Crippen LogP contribution is -2.01. The molecule has 0 bridgehead atoms. The quantitative estimate of drug-likeness (QED) is 0.466. The maximum Gasteiger partial charge on any atom is 0.136 e. The fraction of sp³-hybridized carbons (Fsp3) is 0.200. The van der Waals surface area contributed by atoms with Crippen molar-refractivity contribution >= 4 is 38.8 Å². The maximum absolute atomic E-state index is 14.8. The van der Waals surface area contributed by atoms with Gasteiger partial charge in [-0.3, -0.25) is 0 Å². The first kappa shape index (κ1) is 16.6. The Bertz CT molecular complexity index is 1030. The molecule has 1 aromatic heterocycles. The number of fused-ring (bicyclic) bond motifs is 1. The number of thiophene rings is 1. The molecule has 0 radical (unpaired) electrons. The van der Waals surface area contributed by atoms with Crippen LogP contribution in [0.5, 0.6) is 0 Å². The van der Waals surface area contributed by atoms with Crippen LogP contribution in [0, 0.1) is 18.6 Å². The van der Waals surface area contributed by atoms with E-state index in [1.807, 2.05) is 12.1 Å². The van der Waals surface area contributed by atoms with Crippen LogP contribution in [0.4, 0.5) is 8.78 Å². The highest BCUT2D eigenvalue weighted by Gasteiger charge is 2.24. The Hall–Kier alpha value is -1.91. The van der Waals surface area contributed by atoms with E-state index in [-0.39, 0.29) is 11.3 Å². The van der Waals surface area contributed by atoms with Gasteiger partial charge in [-0.1, -0.05) is 17.7 Å². The lowest BCUT2D eigenvalue weighted by molar-refractivity contribution is 0.488. The molecule has 1 nitrogen and oxygen atoms in total. The fourth-order valence-corrected chi connectivity index (χ4v) is 4.60. The van der Waals surface area contributed by atoms with Gasteiger partial charge in [-0.15, -0.1) is 11.3 Å². The van der Waals surface area contributed by atoms with Crippen LogP contribution < -0.4 is 0 Å². The van der Waals surface area contributed by atoms with Gasteiger partial charge in [0.15, 0.2) is 0 Å². The van der Waals surface area contributed by atoms with Crippen molar-refractivity contribution in [2.24, 2.45) is 0 Å². The smallest absolute Gasteiger partial charge is 0.136 e. The van der Waals surface area contributed by atoms with Gasteiger partial charge in [0.25, 0.3) is 0 Å². The average molecular weight is 377 g/mol. The minimum atomic E-state index is -0.595. The zero-order chi connectivity index (χ0) is 17.7. The predicted octanol–water partition coefficient (Wildman–Crippen LogP) is 7.26. The van der Waals surface area contributed by atoms with Gasteiger partial charge in [-0.2, -0.15) is 0 Å². The Morgan fingerprint density at radius 2 is 1.92 bits per heavy atom. The fourth-order valence-electron chi connectivity index (χ4n) is 3.11. The highest BCUT2D eigenvalue weighted by molar-refractivity contribution is 7.20. The summed E-state index contributed by atoms with van der Waals surface area (Å²) >= 11 is 7.48. The molecule has 3 aromatic rings. The summed E-state index contributed by atoms with van der Waals surface area (Å²) in [6.07, 6.45) is 2.76. The standard InChI is InChI=1S/C20H15ClF2OS/c1-10-15(22)8-7-14(18(10)23)17-13-6-5-12(21)9-16(13)25-20(17)19(24)11-3-2-4-11/h5-9,24H,2-4H2,1H3. The van der Waals surface area contributed by atoms with Gasteiger partial charge in [0.05, 0.1) is 4.88 Å². The summed E-state index contributed by atoms with van der Waals surface area (Å²) in [6.45, 7) is 1.42. The highest BCUT2D eigenvalue weighted by atomic mass is 35.5. The zero-order valence-electron chi connectivity index (χ0n) is 13.5.